The zero-order valence-corrected chi connectivity index (χ0v) is 18.4. The molecule has 1 aliphatic rings. The van der Waals surface area contributed by atoms with E-state index in [0.29, 0.717) is 6.54 Å². The molecule has 0 radical (unpaired) electrons. The standard InChI is InChI=1S/C19H22FN5O3S2/c1-12(29)13-4-7-17(21-11-13)22-23-18-19(26)25(9-8-24(2)3)15-6-5-14(20)10-16(15)30(18,27)28/h4-7,10-12,29H,8-9H2,1-3H3,(H,21,22). The number of aromatic nitrogens is 1. The number of halogens is 1. The van der Waals surface area contributed by atoms with E-state index in [2.05, 4.69) is 28.1 Å². The summed E-state index contributed by atoms with van der Waals surface area (Å²) >= 11 is 4.32. The van der Waals surface area contributed by atoms with Crippen LogP contribution in [0.15, 0.2) is 46.5 Å². The van der Waals surface area contributed by atoms with Crippen molar-refractivity contribution >= 4 is 44.9 Å². The number of carbonyl (C=O) groups excluding carboxylic acids is 1. The highest BCUT2D eigenvalue weighted by Crippen LogP contribution is 2.33. The lowest BCUT2D eigenvalue weighted by Crippen LogP contribution is -2.47. The second-order valence-corrected chi connectivity index (χ2v) is 9.67. The molecule has 1 atom stereocenters. The highest BCUT2D eigenvalue weighted by molar-refractivity contribution is 8.08. The molecule has 11 heteroatoms. The van der Waals surface area contributed by atoms with Gasteiger partial charge in [-0.25, -0.2) is 17.8 Å². The van der Waals surface area contributed by atoms with Crippen LogP contribution in [-0.4, -0.2) is 56.4 Å². The van der Waals surface area contributed by atoms with E-state index >= 15 is 0 Å². The predicted molar refractivity (Wildman–Crippen MR) is 117 cm³/mol. The maximum atomic E-state index is 13.8. The number of amides is 1. The van der Waals surface area contributed by atoms with E-state index in [0.717, 1.165) is 17.7 Å². The van der Waals surface area contributed by atoms with E-state index in [-0.39, 0.29) is 28.2 Å². The van der Waals surface area contributed by atoms with Crippen molar-refractivity contribution in [2.24, 2.45) is 5.10 Å². The lowest BCUT2D eigenvalue weighted by atomic mass is 10.2. The van der Waals surface area contributed by atoms with Gasteiger partial charge < -0.3 is 9.80 Å². The molecule has 1 aromatic heterocycles. The zero-order chi connectivity index (χ0) is 22.1. The fourth-order valence-electron chi connectivity index (χ4n) is 2.83. The second kappa shape index (κ2) is 8.70. The van der Waals surface area contributed by atoms with Crippen LogP contribution in [-0.2, 0) is 14.6 Å². The van der Waals surface area contributed by atoms with Crippen molar-refractivity contribution in [1.29, 1.82) is 0 Å². The number of hydrogen-bond acceptors (Lipinski definition) is 8. The number of benzene rings is 1. The maximum Gasteiger partial charge on any atom is 0.291 e. The fourth-order valence-corrected chi connectivity index (χ4v) is 4.41. The summed E-state index contributed by atoms with van der Waals surface area (Å²) in [6.07, 6.45) is 1.57. The molecule has 30 heavy (non-hydrogen) atoms. The van der Waals surface area contributed by atoms with Gasteiger partial charge in [-0.2, -0.15) is 17.7 Å². The number of hydrogen-bond donors (Lipinski definition) is 2. The van der Waals surface area contributed by atoms with Crippen LogP contribution in [0.2, 0.25) is 0 Å². The molecule has 1 unspecified atom stereocenters. The first-order valence-electron chi connectivity index (χ1n) is 9.10. The van der Waals surface area contributed by atoms with Crippen LogP contribution in [0.4, 0.5) is 15.9 Å². The Morgan fingerprint density at radius 1 is 1.30 bits per heavy atom. The molecular weight excluding hydrogens is 429 g/mol. The molecule has 1 N–H and O–H groups in total. The average molecular weight is 452 g/mol. The summed E-state index contributed by atoms with van der Waals surface area (Å²) in [4.78, 5) is 20.0. The quantitative estimate of drug-likeness (QED) is 0.517. The Morgan fingerprint density at radius 3 is 2.63 bits per heavy atom. The molecule has 0 spiro atoms. The first-order valence-corrected chi connectivity index (χ1v) is 11.1. The second-order valence-electron chi connectivity index (χ2n) is 7.06. The molecule has 8 nitrogen and oxygen atoms in total. The van der Waals surface area contributed by atoms with E-state index in [1.807, 2.05) is 25.9 Å². The molecule has 160 valence electrons. The minimum Gasteiger partial charge on any atom is -0.308 e. The van der Waals surface area contributed by atoms with Gasteiger partial charge in [0, 0.05) is 24.5 Å². The maximum absolute atomic E-state index is 13.8. The summed E-state index contributed by atoms with van der Waals surface area (Å²) in [5.41, 5.74) is 3.52. The number of sulfone groups is 1. The van der Waals surface area contributed by atoms with Crippen molar-refractivity contribution in [2.75, 3.05) is 37.5 Å². The number of nitrogens with zero attached hydrogens (tertiary/aromatic N) is 4. The molecular formula is C19H22FN5O3S2. The third-order valence-electron chi connectivity index (χ3n) is 4.50. The van der Waals surface area contributed by atoms with Gasteiger partial charge in [-0.15, -0.1) is 0 Å². The molecule has 2 aromatic rings. The van der Waals surface area contributed by atoms with Crippen LogP contribution in [0, 0.1) is 5.82 Å². The van der Waals surface area contributed by atoms with Crippen LogP contribution in [0.25, 0.3) is 0 Å². The summed E-state index contributed by atoms with van der Waals surface area (Å²) < 4.78 is 39.8. The molecule has 1 aliphatic heterocycles. The van der Waals surface area contributed by atoms with Crippen molar-refractivity contribution in [2.45, 2.75) is 17.1 Å². The Balaban J connectivity index is 2.00. The van der Waals surface area contributed by atoms with Crippen LogP contribution < -0.4 is 10.3 Å². The Labute approximate surface area is 180 Å². The van der Waals surface area contributed by atoms with E-state index in [9.17, 15) is 17.6 Å². The van der Waals surface area contributed by atoms with Gasteiger partial charge in [-0.3, -0.25) is 10.2 Å². The number of anilines is 2. The summed E-state index contributed by atoms with van der Waals surface area (Å²) in [5, 5.41) is 3.10. The van der Waals surface area contributed by atoms with Crippen LogP contribution in [0.1, 0.15) is 17.7 Å². The molecule has 1 amide bonds. The topological polar surface area (TPSA) is 95.0 Å². The smallest absolute Gasteiger partial charge is 0.291 e. The van der Waals surface area contributed by atoms with Gasteiger partial charge in [-0.05, 0) is 50.8 Å². The first kappa shape index (κ1) is 22.2. The lowest BCUT2D eigenvalue weighted by molar-refractivity contribution is -0.112. The van der Waals surface area contributed by atoms with Crippen molar-refractivity contribution in [3.63, 3.8) is 0 Å². The normalized spacial score (nSPS) is 17.9. The van der Waals surface area contributed by atoms with Gasteiger partial charge in [-0.1, -0.05) is 6.07 Å². The van der Waals surface area contributed by atoms with Crippen LogP contribution in [0.3, 0.4) is 0 Å². The Morgan fingerprint density at radius 2 is 2.03 bits per heavy atom. The minimum atomic E-state index is -4.32. The predicted octanol–water partition coefficient (Wildman–Crippen LogP) is 2.32. The third-order valence-corrected chi connectivity index (χ3v) is 6.48. The number of nitrogens with one attached hydrogen (secondary N) is 1. The number of rotatable bonds is 6. The number of pyridine rings is 1. The number of fused-ring (bicyclic) bond motifs is 1. The molecule has 0 saturated heterocycles. The number of carbonyl (C=O) groups is 1. The van der Waals surface area contributed by atoms with Gasteiger partial charge in [0.1, 0.15) is 16.5 Å². The third kappa shape index (κ3) is 4.47. The van der Waals surface area contributed by atoms with E-state index in [1.165, 1.54) is 11.0 Å². The number of hydrazone groups is 1. The molecule has 2 heterocycles. The van der Waals surface area contributed by atoms with Crippen molar-refractivity contribution < 1.29 is 17.6 Å². The Hall–Kier alpha value is -2.50. The van der Waals surface area contributed by atoms with E-state index in [4.69, 9.17) is 0 Å². The summed E-state index contributed by atoms with van der Waals surface area (Å²) in [7, 11) is -0.660. The summed E-state index contributed by atoms with van der Waals surface area (Å²) in [6, 6.07) is 6.68. The molecule has 3 rings (SSSR count). The van der Waals surface area contributed by atoms with Crippen molar-refractivity contribution in [1.82, 2.24) is 9.88 Å². The number of thiol groups is 1. The monoisotopic (exact) mass is 451 g/mol. The van der Waals surface area contributed by atoms with Crippen LogP contribution >= 0.6 is 12.6 Å². The Kier molecular flexibility index (Phi) is 6.44. The SMILES string of the molecule is CC(S)c1ccc(NN=C2C(=O)N(CCN(C)C)c3ccc(F)cc3S2(=O)=O)nc1. The molecule has 0 bridgehead atoms. The van der Waals surface area contributed by atoms with Crippen molar-refractivity contribution in [3.05, 3.63) is 47.9 Å². The number of likely N-dealkylation sites (N-methyl/N-ethyl adjacent to an activating group) is 1. The Bertz CT molecular complexity index is 1090. The summed E-state index contributed by atoms with van der Waals surface area (Å²) in [6.45, 7) is 2.58. The average Bonchev–Trinajstić information content (AvgIpc) is 2.68. The molecule has 0 saturated carbocycles. The van der Waals surface area contributed by atoms with Gasteiger partial charge in [0.25, 0.3) is 5.91 Å². The van der Waals surface area contributed by atoms with E-state index < -0.39 is 26.6 Å². The first-order chi connectivity index (χ1) is 14.1. The minimum absolute atomic E-state index is 0.0187. The summed E-state index contributed by atoms with van der Waals surface area (Å²) in [5.74, 6) is -1.25. The molecule has 0 fully saturated rings. The molecule has 1 aromatic carbocycles. The van der Waals surface area contributed by atoms with Crippen molar-refractivity contribution in [3.8, 4) is 0 Å². The van der Waals surface area contributed by atoms with Gasteiger partial charge in [0.05, 0.1) is 5.69 Å². The lowest BCUT2D eigenvalue weighted by Gasteiger charge is -2.30. The fraction of sp³-hybridized carbons (Fsp3) is 0.316. The van der Waals surface area contributed by atoms with E-state index in [1.54, 1.807) is 18.3 Å². The zero-order valence-electron chi connectivity index (χ0n) is 16.7. The largest absolute Gasteiger partial charge is 0.308 e. The van der Waals surface area contributed by atoms with Crippen LogP contribution in [0.5, 0.6) is 0 Å². The van der Waals surface area contributed by atoms with Gasteiger partial charge >= 0.3 is 0 Å². The molecule has 0 aliphatic carbocycles. The van der Waals surface area contributed by atoms with Gasteiger partial charge in [0.15, 0.2) is 0 Å². The highest BCUT2D eigenvalue weighted by Gasteiger charge is 2.42. The highest BCUT2D eigenvalue weighted by atomic mass is 32.2. The van der Waals surface area contributed by atoms with Gasteiger partial charge in [0.2, 0.25) is 14.9 Å².